The summed E-state index contributed by atoms with van der Waals surface area (Å²) in [6.45, 7) is 3.73. The maximum atomic E-state index is 12.3. The summed E-state index contributed by atoms with van der Waals surface area (Å²) in [5.41, 5.74) is 1.38. The van der Waals surface area contributed by atoms with Crippen molar-refractivity contribution in [3.63, 3.8) is 0 Å². The van der Waals surface area contributed by atoms with E-state index in [4.69, 9.17) is 9.05 Å². The molecule has 1 rings (SSSR count). The van der Waals surface area contributed by atoms with Gasteiger partial charge in [-0.1, -0.05) is 11.6 Å². The summed E-state index contributed by atoms with van der Waals surface area (Å²) in [5, 5.41) is 0.276. The van der Waals surface area contributed by atoms with Crippen molar-refractivity contribution >= 4 is 18.2 Å². The van der Waals surface area contributed by atoms with Crippen LogP contribution >= 0.6 is 18.2 Å². The van der Waals surface area contributed by atoms with Crippen LogP contribution in [0.15, 0.2) is 11.6 Å². The molecular weight excluding hydrogens is 243 g/mol. The molecule has 0 spiro atoms. The van der Waals surface area contributed by atoms with Gasteiger partial charge in [0.2, 0.25) is 0 Å². The Morgan fingerprint density at radius 2 is 2.06 bits per heavy atom. The van der Waals surface area contributed by atoms with Crippen molar-refractivity contribution in [2.45, 2.75) is 45.3 Å². The van der Waals surface area contributed by atoms with Gasteiger partial charge in [0.1, 0.15) is 0 Å². The average Bonchev–Trinajstić information content (AvgIpc) is 2.17. The van der Waals surface area contributed by atoms with Gasteiger partial charge < -0.3 is 9.05 Å². The zero-order valence-electron chi connectivity index (χ0n) is 10.3. The first-order valence-corrected chi connectivity index (χ1v) is 8.87. The molecule has 0 saturated carbocycles. The topological polar surface area (TPSA) is 35.5 Å². The molecular formula is C11H21O3PS. The summed E-state index contributed by atoms with van der Waals surface area (Å²) in [6, 6.07) is 0. The third-order valence-electron chi connectivity index (χ3n) is 2.37. The summed E-state index contributed by atoms with van der Waals surface area (Å²) >= 11 is 1.36. The van der Waals surface area contributed by atoms with Crippen molar-refractivity contribution in [3.05, 3.63) is 11.6 Å². The lowest BCUT2D eigenvalue weighted by Crippen LogP contribution is -2.06. The molecule has 0 saturated heterocycles. The molecule has 5 heteroatoms. The van der Waals surface area contributed by atoms with Gasteiger partial charge in [0.15, 0.2) is 0 Å². The Morgan fingerprint density at radius 1 is 1.44 bits per heavy atom. The Hall–Kier alpha value is 0.240. The maximum absolute atomic E-state index is 12.3. The molecule has 1 unspecified atom stereocenters. The standard InChI is InChI=1S/C11H21O3PS/c1-4-13-15(12,14-5-2)16-11-8-6-7-10(3)9-11/h9,11H,4-8H2,1-3H3. The molecule has 16 heavy (non-hydrogen) atoms. The fourth-order valence-electron chi connectivity index (χ4n) is 1.73. The van der Waals surface area contributed by atoms with E-state index in [-0.39, 0.29) is 5.25 Å². The quantitative estimate of drug-likeness (QED) is 0.526. The Balaban J connectivity index is 2.60. The monoisotopic (exact) mass is 264 g/mol. The van der Waals surface area contributed by atoms with Gasteiger partial charge in [-0.3, -0.25) is 0 Å². The molecule has 1 atom stereocenters. The summed E-state index contributed by atoms with van der Waals surface area (Å²) in [4.78, 5) is 0. The number of rotatable bonds is 6. The smallest absolute Gasteiger partial charge is 0.301 e. The Kier molecular flexibility index (Phi) is 6.12. The fourth-order valence-corrected chi connectivity index (χ4v) is 5.95. The number of allylic oxidation sites excluding steroid dienone is 1. The van der Waals surface area contributed by atoms with Gasteiger partial charge in [0, 0.05) is 5.25 Å². The lowest BCUT2D eigenvalue weighted by molar-refractivity contribution is 0.236. The van der Waals surface area contributed by atoms with Gasteiger partial charge in [-0.05, 0) is 51.4 Å². The predicted molar refractivity (Wildman–Crippen MR) is 69.8 cm³/mol. The van der Waals surface area contributed by atoms with E-state index in [2.05, 4.69) is 13.0 Å². The van der Waals surface area contributed by atoms with Gasteiger partial charge in [-0.2, -0.15) is 0 Å². The van der Waals surface area contributed by atoms with Crippen LogP contribution in [0.5, 0.6) is 0 Å². The minimum atomic E-state index is -2.94. The van der Waals surface area contributed by atoms with E-state index >= 15 is 0 Å². The van der Waals surface area contributed by atoms with Crippen LogP contribution < -0.4 is 0 Å². The van der Waals surface area contributed by atoms with Crippen LogP contribution in [0.4, 0.5) is 0 Å². The van der Waals surface area contributed by atoms with Crippen molar-refractivity contribution in [1.29, 1.82) is 0 Å². The van der Waals surface area contributed by atoms with Gasteiger partial charge in [-0.25, -0.2) is 4.57 Å². The van der Waals surface area contributed by atoms with Crippen molar-refractivity contribution in [3.8, 4) is 0 Å². The Labute approximate surface area is 102 Å². The summed E-state index contributed by atoms with van der Waals surface area (Å²) in [7, 11) is 0. The minimum Gasteiger partial charge on any atom is -0.301 e. The highest BCUT2D eigenvalue weighted by atomic mass is 32.7. The fraction of sp³-hybridized carbons (Fsp3) is 0.818. The summed E-state index contributed by atoms with van der Waals surface area (Å²) in [6.07, 6.45) is 5.58. The van der Waals surface area contributed by atoms with E-state index in [1.54, 1.807) is 0 Å². The van der Waals surface area contributed by atoms with Crippen LogP contribution in [-0.2, 0) is 13.6 Å². The summed E-state index contributed by atoms with van der Waals surface area (Å²) in [5.74, 6) is 0. The molecule has 3 nitrogen and oxygen atoms in total. The van der Waals surface area contributed by atoms with E-state index < -0.39 is 6.80 Å². The molecule has 0 aromatic carbocycles. The third-order valence-corrected chi connectivity index (χ3v) is 6.64. The predicted octanol–water partition coefficient (Wildman–Crippen LogP) is 4.40. The molecule has 0 radical (unpaired) electrons. The first-order valence-electron chi connectivity index (χ1n) is 5.84. The first kappa shape index (κ1) is 14.3. The van der Waals surface area contributed by atoms with Crippen molar-refractivity contribution in [2.24, 2.45) is 0 Å². The molecule has 0 aromatic rings. The van der Waals surface area contributed by atoms with E-state index in [9.17, 15) is 4.57 Å². The lowest BCUT2D eigenvalue weighted by Gasteiger charge is -2.23. The second-order valence-corrected chi connectivity index (χ2v) is 8.03. The highest BCUT2D eigenvalue weighted by Crippen LogP contribution is 2.63. The molecule has 1 aliphatic carbocycles. The van der Waals surface area contributed by atoms with Crippen LogP contribution in [0.25, 0.3) is 0 Å². The second kappa shape index (κ2) is 6.85. The van der Waals surface area contributed by atoms with Crippen molar-refractivity contribution in [1.82, 2.24) is 0 Å². The van der Waals surface area contributed by atoms with E-state index in [0.717, 1.165) is 19.3 Å². The average molecular weight is 264 g/mol. The van der Waals surface area contributed by atoms with E-state index in [1.165, 1.54) is 17.0 Å². The normalized spacial score (nSPS) is 21.9. The number of hydrogen-bond donors (Lipinski definition) is 0. The SMILES string of the molecule is CCOP(=O)(OCC)SC1C=C(C)CCC1. The zero-order valence-corrected chi connectivity index (χ0v) is 12.0. The molecule has 1 aliphatic rings. The summed E-state index contributed by atoms with van der Waals surface area (Å²) < 4.78 is 22.8. The Bertz CT molecular complexity index is 281. The molecule has 0 fully saturated rings. The molecule has 0 bridgehead atoms. The maximum Gasteiger partial charge on any atom is 0.389 e. The van der Waals surface area contributed by atoms with Crippen LogP contribution in [-0.4, -0.2) is 18.5 Å². The molecule has 94 valence electrons. The molecule has 0 heterocycles. The minimum absolute atomic E-state index is 0.276. The van der Waals surface area contributed by atoms with Gasteiger partial charge in [0.25, 0.3) is 0 Å². The Morgan fingerprint density at radius 3 is 2.56 bits per heavy atom. The van der Waals surface area contributed by atoms with Crippen LogP contribution in [0.2, 0.25) is 0 Å². The van der Waals surface area contributed by atoms with Gasteiger partial charge in [-0.15, -0.1) is 0 Å². The van der Waals surface area contributed by atoms with E-state index in [0.29, 0.717) is 13.2 Å². The lowest BCUT2D eigenvalue weighted by atomic mass is 10.0. The first-order chi connectivity index (χ1) is 7.59. The van der Waals surface area contributed by atoms with Gasteiger partial charge >= 0.3 is 6.80 Å². The van der Waals surface area contributed by atoms with Gasteiger partial charge in [0.05, 0.1) is 13.2 Å². The number of hydrogen-bond acceptors (Lipinski definition) is 4. The van der Waals surface area contributed by atoms with Crippen LogP contribution in [0.3, 0.4) is 0 Å². The third kappa shape index (κ3) is 4.62. The molecule has 0 N–H and O–H groups in total. The highest BCUT2D eigenvalue weighted by molar-refractivity contribution is 8.55. The van der Waals surface area contributed by atoms with E-state index in [1.807, 2.05) is 13.8 Å². The molecule has 0 amide bonds. The van der Waals surface area contributed by atoms with Crippen LogP contribution in [0.1, 0.15) is 40.0 Å². The van der Waals surface area contributed by atoms with Crippen LogP contribution in [0, 0.1) is 0 Å². The highest BCUT2D eigenvalue weighted by Gasteiger charge is 2.29. The molecule has 0 aromatic heterocycles. The molecule has 0 aliphatic heterocycles. The zero-order chi connectivity index (χ0) is 12.0. The second-order valence-electron chi connectivity index (χ2n) is 3.83. The van der Waals surface area contributed by atoms with Crippen molar-refractivity contribution < 1.29 is 13.6 Å². The largest absolute Gasteiger partial charge is 0.389 e. The van der Waals surface area contributed by atoms with Crippen molar-refractivity contribution in [2.75, 3.05) is 13.2 Å².